The number of benzene rings is 3. The summed E-state index contributed by atoms with van der Waals surface area (Å²) in [4.78, 5) is 4.72. The van der Waals surface area contributed by atoms with E-state index in [1.165, 1.54) is 45.0 Å². The van der Waals surface area contributed by atoms with Gasteiger partial charge in [0.15, 0.2) is 0 Å². The zero-order valence-corrected chi connectivity index (χ0v) is 17.3. The minimum atomic E-state index is 0.207. The highest BCUT2D eigenvalue weighted by atomic mass is 15.0. The SMILES string of the molecule is CC1CC1(C)c1cc2c(cc1-c1ccccn1)c1ccccc1n2-c1ccccc1. The van der Waals surface area contributed by atoms with Crippen LogP contribution in [0.4, 0.5) is 0 Å². The van der Waals surface area contributed by atoms with Crippen LogP contribution in [0.1, 0.15) is 25.8 Å². The van der Waals surface area contributed by atoms with Crippen molar-refractivity contribution in [1.82, 2.24) is 9.55 Å². The molecule has 1 aliphatic carbocycles. The first-order chi connectivity index (χ1) is 14.7. The molecule has 2 aromatic heterocycles. The molecule has 1 fully saturated rings. The van der Waals surface area contributed by atoms with Gasteiger partial charge in [-0.05, 0) is 65.8 Å². The zero-order valence-electron chi connectivity index (χ0n) is 17.3. The molecular formula is C28H24N2. The van der Waals surface area contributed by atoms with E-state index >= 15 is 0 Å². The Hall–Kier alpha value is -3.39. The van der Waals surface area contributed by atoms with Crippen molar-refractivity contribution in [2.24, 2.45) is 5.92 Å². The van der Waals surface area contributed by atoms with E-state index in [1.54, 1.807) is 0 Å². The fourth-order valence-electron chi connectivity index (χ4n) is 5.03. The minimum Gasteiger partial charge on any atom is -0.309 e. The molecule has 146 valence electrons. The standard InChI is InChI=1S/C28H24N2/c1-19-18-28(19,2)24-17-27-22(16-23(24)25-13-8-9-15-29-25)21-12-6-7-14-26(21)30(27)20-10-4-3-5-11-20/h3-17,19H,18H2,1-2H3. The van der Waals surface area contributed by atoms with E-state index in [1.807, 2.05) is 12.3 Å². The molecule has 30 heavy (non-hydrogen) atoms. The largest absolute Gasteiger partial charge is 0.309 e. The fraction of sp³-hybridized carbons (Fsp3) is 0.179. The van der Waals surface area contributed by atoms with Crippen LogP contribution in [0.3, 0.4) is 0 Å². The highest BCUT2D eigenvalue weighted by Crippen LogP contribution is 2.56. The van der Waals surface area contributed by atoms with Crippen LogP contribution in [-0.2, 0) is 5.41 Å². The van der Waals surface area contributed by atoms with Gasteiger partial charge in [-0.3, -0.25) is 4.98 Å². The predicted molar refractivity (Wildman–Crippen MR) is 125 cm³/mol. The Balaban J connectivity index is 1.76. The lowest BCUT2D eigenvalue weighted by molar-refractivity contribution is 0.704. The second kappa shape index (κ2) is 6.30. The molecule has 1 aliphatic rings. The topological polar surface area (TPSA) is 17.8 Å². The Morgan fingerprint density at radius 1 is 0.833 bits per heavy atom. The van der Waals surface area contributed by atoms with Gasteiger partial charge in [0.1, 0.15) is 0 Å². The summed E-state index contributed by atoms with van der Waals surface area (Å²) in [5, 5.41) is 2.57. The monoisotopic (exact) mass is 388 g/mol. The second-order valence-corrected chi connectivity index (χ2v) is 8.84. The van der Waals surface area contributed by atoms with Crippen molar-refractivity contribution >= 4 is 21.8 Å². The van der Waals surface area contributed by atoms with E-state index in [4.69, 9.17) is 4.98 Å². The smallest absolute Gasteiger partial charge is 0.0705 e. The Kier molecular flexibility index (Phi) is 3.67. The summed E-state index contributed by atoms with van der Waals surface area (Å²) in [6.45, 7) is 4.76. The minimum absolute atomic E-state index is 0.207. The van der Waals surface area contributed by atoms with E-state index in [0.717, 1.165) is 5.69 Å². The van der Waals surface area contributed by atoms with Crippen LogP contribution in [0.15, 0.2) is 91.1 Å². The average Bonchev–Trinajstić information content (AvgIpc) is 3.29. The summed E-state index contributed by atoms with van der Waals surface area (Å²) in [6, 6.07) is 30.5. The van der Waals surface area contributed by atoms with Gasteiger partial charge >= 0.3 is 0 Å². The summed E-state index contributed by atoms with van der Waals surface area (Å²) in [6.07, 6.45) is 3.12. The van der Waals surface area contributed by atoms with Crippen LogP contribution in [-0.4, -0.2) is 9.55 Å². The summed E-state index contributed by atoms with van der Waals surface area (Å²) in [5.41, 5.74) is 7.68. The van der Waals surface area contributed by atoms with E-state index in [2.05, 4.69) is 97.3 Å². The van der Waals surface area contributed by atoms with Crippen molar-refractivity contribution in [3.8, 4) is 16.9 Å². The van der Waals surface area contributed by atoms with Crippen LogP contribution in [0.2, 0.25) is 0 Å². The van der Waals surface area contributed by atoms with E-state index in [-0.39, 0.29) is 5.41 Å². The van der Waals surface area contributed by atoms with Gasteiger partial charge in [0.2, 0.25) is 0 Å². The number of rotatable bonds is 3. The van der Waals surface area contributed by atoms with Gasteiger partial charge in [0.25, 0.3) is 0 Å². The average molecular weight is 389 g/mol. The number of hydrogen-bond donors (Lipinski definition) is 0. The van der Waals surface area contributed by atoms with Crippen molar-refractivity contribution in [3.63, 3.8) is 0 Å². The third-order valence-corrected chi connectivity index (χ3v) is 7.04. The third kappa shape index (κ3) is 2.46. The first-order valence-corrected chi connectivity index (χ1v) is 10.7. The number of nitrogens with zero attached hydrogens (tertiary/aromatic N) is 2. The molecule has 3 aromatic carbocycles. The molecule has 2 heterocycles. The zero-order chi connectivity index (χ0) is 20.3. The van der Waals surface area contributed by atoms with Crippen LogP contribution in [0.25, 0.3) is 38.8 Å². The third-order valence-electron chi connectivity index (χ3n) is 7.04. The van der Waals surface area contributed by atoms with Crippen molar-refractivity contribution < 1.29 is 0 Å². The quantitative estimate of drug-likeness (QED) is 0.321. The number of fused-ring (bicyclic) bond motifs is 3. The summed E-state index contributed by atoms with van der Waals surface area (Å²) in [7, 11) is 0. The van der Waals surface area contributed by atoms with Gasteiger partial charge in [-0.1, -0.05) is 56.3 Å². The van der Waals surface area contributed by atoms with Crippen molar-refractivity contribution in [2.75, 3.05) is 0 Å². The lowest BCUT2D eigenvalue weighted by Crippen LogP contribution is -2.07. The van der Waals surface area contributed by atoms with Gasteiger partial charge < -0.3 is 4.57 Å². The molecule has 0 radical (unpaired) electrons. The molecule has 1 saturated carbocycles. The molecule has 0 aliphatic heterocycles. The summed E-state index contributed by atoms with van der Waals surface area (Å²) >= 11 is 0. The molecule has 2 nitrogen and oxygen atoms in total. The van der Waals surface area contributed by atoms with Crippen LogP contribution in [0, 0.1) is 5.92 Å². The van der Waals surface area contributed by atoms with Crippen LogP contribution in [0.5, 0.6) is 0 Å². The molecule has 0 amide bonds. The van der Waals surface area contributed by atoms with Crippen molar-refractivity contribution in [2.45, 2.75) is 25.7 Å². The van der Waals surface area contributed by atoms with Gasteiger partial charge in [0, 0.05) is 28.2 Å². The summed E-state index contributed by atoms with van der Waals surface area (Å²) < 4.78 is 2.41. The fourth-order valence-corrected chi connectivity index (χ4v) is 5.03. The molecular weight excluding hydrogens is 364 g/mol. The van der Waals surface area contributed by atoms with E-state index < -0.39 is 0 Å². The maximum Gasteiger partial charge on any atom is 0.0705 e. The molecule has 0 spiro atoms. The van der Waals surface area contributed by atoms with Crippen LogP contribution < -0.4 is 0 Å². The maximum atomic E-state index is 4.72. The van der Waals surface area contributed by atoms with Gasteiger partial charge in [-0.2, -0.15) is 0 Å². The normalized spacial score (nSPS) is 20.7. The molecule has 0 bridgehead atoms. The number of aromatic nitrogens is 2. The molecule has 2 atom stereocenters. The molecule has 5 aromatic rings. The maximum absolute atomic E-state index is 4.72. The Bertz CT molecular complexity index is 1380. The van der Waals surface area contributed by atoms with Crippen molar-refractivity contribution in [3.05, 3.63) is 96.7 Å². The Labute approximate surface area is 176 Å². The highest BCUT2D eigenvalue weighted by molar-refractivity contribution is 6.11. The molecule has 2 unspecified atom stereocenters. The Morgan fingerprint density at radius 2 is 1.57 bits per heavy atom. The van der Waals surface area contributed by atoms with E-state index in [9.17, 15) is 0 Å². The summed E-state index contributed by atoms with van der Waals surface area (Å²) in [5.74, 6) is 0.687. The first kappa shape index (κ1) is 17.5. The molecule has 0 N–H and O–H groups in total. The first-order valence-electron chi connectivity index (χ1n) is 10.7. The molecule has 2 heteroatoms. The number of hydrogen-bond acceptors (Lipinski definition) is 1. The second-order valence-electron chi connectivity index (χ2n) is 8.84. The number of para-hydroxylation sites is 2. The van der Waals surface area contributed by atoms with E-state index in [0.29, 0.717) is 5.92 Å². The number of pyridine rings is 1. The van der Waals surface area contributed by atoms with Gasteiger partial charge in [0.05, 0.1) is 16.7 Å². The highest BCUT2D eigenvalue weighted by Gasteiger charge is 2.49. The predicted octanol–water partition coefficient (Wildman–Crippen LogP) is 7.14. The van der Waals surface area contributed by atoms with Gasteiger partial charge in [-0.25, -0.2) is 0 Å². The lowest BCUT2D eigenvalue weighted by Gasteiger charge is -2.18. The van der Waals surface area contributed by atoms with Crippen molar-refractivity contribution in [1.29, 1.82) is 0 Å². The van der Waals surface area contributed by atoms with Gasteiger partial charge in [-0.15, -0.1) is 0 Å². The Morgan fingerprint density at radius 3 is 2.30 bits per heavy atom. The van der Waals surface area contributed by atoms with Crippen LogP contribution >= 0.6 is 0 Å². The molecule has 0 saturated heterocycles. The lowest BCUT2D eigenvalue weighted by atomic mass is 9.88. The molecule has 6 rings (SSSR count).